The molecule has 6 heteroatoms. The largest absolute Gasteiger partial charge is 0.384 e. The number of aryl methyl sites for hydroxylation is 1. The van der Waals surface area contributed by atoms with E-state index in [0.29, 0.717) is 11.0 Å². The standard InChI is InChI=1S/C20H24N4OS/c1-12-10-18(21)23-19(22-12)26-13(2)16(25)11-17-20(3,4)14-8-6-7-9-15(14)24(17)5/h6-11,13H,1-5H3,(H2,21,22,23)/b17-11-/t13-/m0/s1. The number of nitrogen functional groups attached to an aromatic ring is 1. The third-order valence-electron chi connectivity index (χ3n) is 4.76. The van der Waals surface area contributed by atoms with Gasteiger partial charge in [-0.2, -0.15) is 0 Å². The van der Waals surface area contributed by atoms with E-state index in [-0.39, 0.29) is 16.4 Å². The maximum absolute atomic E-state index is 12.8. The van der Waals surface area contributed by atoms with Crippen LogP contribution in [0.4, 0.5) is 11.5 Å². The fourth-order valence-corrected chi connectivity index (χ4v) is 4.20. The molecule has 2 aromatic rings. The molecule has 136 valence electrons. The minimum Gasteiger partial charge on any atom is -0.384 e. The van der Waals surface area contributed by atoms with E-state index < -0.39 is 0 Å². The second kappa shape index (κ2) is 6.76. The summed E-state index contributed by atoms with van der Waals surface area (Å²) in [5.41, 5.74) is 9.74. The number of para-hydroxylation sites is 1. The second-order valence-corrected chi connectivity index (χ2v) is 8.42. The molecule has 1 aliphatic rings. The first-order chi connectivity index (χ1) is 12.2. The number of nitrogens with two attached hydrogens (primary N) is 1. The molecule has 0 amide bonds. The lowest BCUT2D eigenvalue weighted by atomic mass is 9.83. The van der Waals surface area contributed by atoms with Gasteiger partial charge in [-0.15, -0.1) is 0 Å². The monoisotopic (exact) mass is 368 g/mol. The van der Waals surface area contributed by atoms with Crippen LogP contribution in [-0.2, 0) is 10.2 Å². The van der Waals surface area contributed by atoms with E-state index in [1.54, 1.807) is 12.1 Å². The first-order valence-corrected chi connectivity index (χ1v) is 9.45. The minimum absolute atomic E-state index is 0.0430. The van der Waals surface area contributed by atoms with E-state index in [0.717, 1.165) is 17.1 Å². The summed E-state index contributed by atoms with van der Waals surface area (Å²) in [6.45, 7) is 8.04. The zero-order valence-corrected chi connectivity index (χ0v) is 16.6. The maximum atomic E-state index is 12.8. The van der Waals surface area contributed by atoms with E-state index in [1.165, 1.54) is 17.3 Å². The van der Waals surface area contributed by atoms with E-state index >= 15 is 0 Å². The van der Waals surface area contributed by atoms with Crippen molar-refractivity contribution in [1.82, 2.24) is 9.97 Å². The van der Waals surface area contributed by atoms with Gasteiger partial charge in [0.25, 0.3) is 0 Å². The minimum atomic E-state index is -0.295. The topological polar surface area (TPSA) is 72.1 Å². The third kappa shape index (κ3) is 3.33. The van der Waals surface area contributed by atoms with Crippen LogP contribution in [0.3, 0.4) is 0 Å². The average Bonchev–Trinajstić information content (AvgIpc) is 2.75. The number of likely N-dealkylation sites (N-methyl/N-ethyl adjacent to an activating group) is 1. The molecule has 0 saturated heterocycles. The molecule has 1 aliphatic heterocycles. The fourth-order valence-electron chi connectivity index (χ4n) is 3.34. The molecule has 1 aromatic heterocycles. The number of fused-ring (bicyclic) bond motifs is 1. The Morgan fingerprint density at radius 1 is 1.31 bits per heavy atom. The molecule has 1 aromatic carbocycles. The number of nitrogens with zero attached hydrogens (tertiary/aromatic N) is 3. The van der Waals surface area contributed by atoms with Gasteiger partial charge in [0, 0.05) is 41.7 Å². The van der Waals surface area contributed by atoms with Gasteiger partial charge in [-0.25, -0.2) is 9.97 Å². The number of allylic oxidation sites excluding steroid dienone is 2. The fraction of sp³-hybridized carbons (Fsp3) is 0.350. The van der Waals surface area contributed by atoms with Gasteiger partial charge in [0.15, 0.2) is 10.9 Å². The molecule has 0 aliphatic carbocycles. The van der Waals surface area contributed by atoms with Gasteiger partial charge in [-0.05, 0) is 25.5 Å². The molecule has 0 bridgehead atoms. The number of ketones is 1. The number of carbonyl (C=O) groups excluding carboxylic acids is 1. The number of hydrogen-bond donors (Lipinski definition) is 1. The van der Waals surface area contributed by atoms with Crippen LogP contribution in [0.1, 0.15) is 32.0 Å². The molecular formula is C20H24N4OS. The lowest BCUT2D eigenvalue weighted by Gasteiger charge is -2.24. The molecular weight excluding hydrogens is 344 g/mol. The van der Waals surface area contributed by atoms with Crippen molar-refractivity contribution in [3.8, 4) is 0 Å². The number of hydrogen-bond acceptors (Lipinski definition) is 6. The molecule has 0 saturated carbocycles. The number of anilines is 2. The van der Waals surface area contributed by atoms with Crippen molar-refractivity contribution in [2.75, 3.05) is 17.7 Å². The molecule has 0 radical (unpaired) electrons. The SMILES string of the molecule is Cc1cc(N)nc(S[C@@H](C)C(=O)/C=C2\N(C)c3ccccc3C2(C)C)n1. The zero-order chi connectivity index (χ0) is 19.1. The number of carbonyl (C=O) groups is 1. The van der Waals surface area contributed by atoms with Crippen LogP contribution in [0.2, 0.25) is 0 Å². The number of benzene rings is 1. The molecule has 26 heavy (non-hydrogen) atoms. The first kappa shape index (κ1) is 18.5. The zero-order valence-electron chi connectivity index (χ0n) is 15.8. The lowest BCUT2D eigenvalue weighted by molar-refractivity contribution is -0.114. The second-order valence-electron chi connectivity index (χ2n) is 7.11. The van der Waals surface area contributed by atoms with Crippen molar-refractivity contribution in [3.05, 3.63) is 53.4 Å². The van der Waals surface area contributed by atoms with Crippen molar-refractivity contribution >= 4 is 29.1 Å². The summed E-state index contributed by atoms with van der Waals surface area (Å²) in [5.74, 6) is 0.464. The summed E-state index contributed by atoms with van der Waals surface area (Å²) >= 11 is 1.33. The third-order valence-corrected chi connectivity index (χ3v) is 5.74. The molecule has 0 fully saturated rings. The Kier molecular flexibility index (Phi) is 4.80. The van der Waals surface area contributed by atoms with E-state index in [4.69, 9.17) is 5.73 Å². The number of aromatic nitrogens is 2. The predicted octanol–water partition coefficient (Wildman–Crippen LogP) is 3.73. The lowest BCUT2D eigenvalue weighted by Crippen LogP contribution is -2.25. The van der Waals surface area contributed by atoms with Crippen LogP contribution in [0.15, 0.2) is 47.3 Å². The maximum Gasteiger partial charge on any atom is 0.190 e. The summed E-state index contributed by atoms with van der Waals surface area (Å²) in [5, 5.41) is 0.237. The van der Waals surface area contributed by atoms with Gasteiger partial charge >= 0.3 is 0 Å². The summed E-state index contributed by atoms with van der Waals surface area (Å²) < 4.78 is 0. The highest BCUT2D eigenvalue weighted by Gasteiger charge is 2.38. The van der Waals surface area contributed by atoms with Gasteiger partial charge in [-0.1, -0.05) is 43.8 Å². The average molecular weight is 369 g/mol. The van der Waals surface area contributed by atoms with E-state index in [9.17, 15) is 4.79 Å². The Morgan fingerprint density at radius 2 is 2.00 bits per heavy atom. The molecule has 2 N–H and O–H groups in total. The van der Waals surface area contributed by atoms with Crippen LogP contribution in [0.25, 0.3) is 0 Å². The van der Waals surface area contributed by atoms with Crippen molar-refractivity contribution in [2.24, 2.45) is 0 Å². The van der Waals surface area contributed by atoms with E-state index in [1.807, 2.05) is 33.0 Å². The van der Waals surface area contributed by atoms with Crippen molar-refractivity contribution in [2.45, 2.75) is 43.5 Å². The molecule has 1 atom stereocenters. The van der Waals surface area contributed by atoms with Crippen molar-refractivity contribution < 1.29 is 4.79 Å². The highest BCUT2D eigenvalue weighted by Crippen LogP contribution is 2.46. The Labute approximate surface area is 158 Å². The summed E-state index contributed by atoms with van der Waals surface area (Å²) in [6, 6.07) is 9.99. The van der Waals surface area contributed by atoms with Gasteiger partial charge in [-0.3, -0.25) is 4.79 Å². The van der Waals surface area contributed by atoms with Gasteiger partial charge < -0.3 is 10.6 Å². The highest BCUT2D eigenvalue weighted by atomic mass is 32.2. The van der Waals surface area contributed by atoms with Gasteiger partial charge in [0.05, 0.1) is 5.25 Å². The Morgan fingerprint density at radius 3 is 2.65 bits per heavy atom. The van der Waals surface area contributed by atoms with Crippen LogP contribution < -0.4 is 10.6 Å². The molecule has 0 spiro atoms. The van der Waals surface area contributed by atoms with Crippen LogP contribution in [0.5, 0.6) is 0 Å². The summed E-state index contributed by atoms with van der Waals surface area (Å²) in [6.07, 6.45) is 1.76. The normalized spacial score (nSPS) is 18.0. The first-order valence-electron chi connectivity index (χ1n) is 8.57. The van der Waals surface area contributed by atoms with Crippen LogP contribution in [0, 0.1) is 6.92 Å². The molecule has 5 nitrogen and oxygen atoms in total. The van der Waals surface area contributed by atoms with Crippen LogP contribution >= 0.6 is 11.8 Å². The Hall–Kier alpha value is -2.34. The van der Waals surface area contributed by atoms with Crippen molar-refractivity contribution in [3.63, 3.8) is 0 Å². The number of rotatable bonds is 4. The van der Waals surface area contributed by atoms with E-state index in [2.05, 4.69) is 40.8 Å². The smallest absolute Gasteiger partial charge is 0.190 e. The van der Waals surface area contributed by atoms with Crippen LogP contribution in [-0.4, -0.2) is 28.0 Å². The Balaban J connectivity index is 1.84. The highest BCUT2D eigenvalue weighted by molar-refractivity contribution is 8.00. The predicted molar refractivity (Wildman–Crippen MR) is 107 cm³/mol. The summed E-state index contributed by atoms with van der Waals surface area (Å²) in [4.78, 5) is 23.5. The Bertz CT molecular complexity index is 871. The summed E-state index contributed by atoms with van der Waals surface area (Å²) in [7, 11) is 2.01. The number of thioether (sulfide) groups is 1. The quantitative estimate of drug-likeness (QED) is 0.504. The molecule has 0 unspecified atom stereocenters. The molecule has 2 heterocycles. The molecule has 3 rings (SSSR count). The van der Waals surface area contributed by atoms with Gasteiger partial charge in [0.1, 0.15) is 5.82 Å². The van der Waals surface area contributed by atoms with Crippen molar-refractivity contribution in [1.29, 1.82) is 0 Å². The van der Waals surface area contributed by atoms with Gasteiger partial charge in [0.2, 0.25) is 0 Å².